The molecule has 0 bridgehead atoms. The predicted octanol–water partition coefficient (Wildman–Crippen LogP) is 2.43. The number of rotatable bonds is 6. The predicted molar refractivity (Wildman–Crippen MR) is 96.6 cm³/mol. The zero-order valence-electron chi connectivity index (χ0n) is 14.5. The Hall–Kier alpha value is -2.60. The number of nitrogens with zero attached hydrogens (tertiary/aromatic N) is 3. The van der Waals surface area contributed by atoms with E-state index < -0.39 is 0 Å². The van der Waals surface area contributed by atoms with Crippen molar-refractivity contribution in [2.45, 2.75) is 32.0 Å². The number of aromatic nitrogens is 3. The van der Waals surface area contributed by atoms with Gasteiger partial charge in [0.2, 0.25) is 0 Å². The second-order valence-corrected chi connectivity index (χ2v) is 6.74. The number of aryl methyl sites for hydroxylation is 1. The summed E-state index contributed by atoms with van der Waals surface area (Å²) in [5.41, 5.74) is 2.78. The Labute approximate surface area is 146 Å². The van der Waals surface area contributed by atoms with Gasteiger partial charge in [0.1, 0.15) is 5.75 Å². The molecule has 2 heterocycles. The number of nitrogens with one attached hydrogen (secondary N) is 1. The molecule has 6 heteroatoms. The molecule has 0 unspecified atom stereocenters. The summed E-state index contributed by atoms with van der Waals surface area (Å²) in [6.45, 7) is 1.45. The van der Waals surface area contributed by atoms with Crippen LogP contribution < -0.4 is 10.3 Å². The largest absolute Gasteiger partial charge is 0.497 e. The van der Waals surface area contributed by atoms with Gasteiger partial charge in [-0.3, -0.25) is 14.4 Å². The molecule has 2 aromatic heterocycles. The van der Waals surface area contributed by atoms with Gasteiger partial charge in [0.25, 0.3) is 5.56 Å². The Bertz CT molecular complexity index is 955. The van der Waals surface area contributed by atoms with Gasteiger partial charge in [-0.25, -0.2) is 0 Å². The summed E-state index contributed by atoms with van der Waals surface area (Å²) in [6, 6.07) is 8.23. The molecule has 0 atom stereocenters. The monoisotopic (exact) mass is 338 g/mol. The SMILES string of the molecule is COc1ccc2[nH]c(=O)c(CN(Cc3cnn(C)c3)C3CC3)cc2c1. The van der Waals surface area contributed by atoms with E-state index in [1.165, 1.54) is 18.4 Å². The Balaban J connectivity index is 1.62. The molecule has 0 radical (unpaired) electrons. The van der Waals surface area contributed by atoms with E-state index in [1.807, 2.05) is 48.4 Å². The van der Waals surface area contributed by atoms with E-state index in [4.69, 9.17) is 4.74 Å². The van der Waals surface area contributed by atoms with Crippen LogP contribution in [0, 0.1) is 0 Å². The van der Waals surface area contributed by atoms with Gasteiger partial charge in [0, 0.05) is 54.4 Å². The third-order valence-corrected chi connectivity index (χ3v) is 4.71. The molecular formula is C19H22N4O2. The van der Waals surface area contributed by atoms with Gasteiger partial charge in [-0.2, -0.15) is 5.10 Å². The summed E-state index contributed by atoms with van der Waals surface area (Å²) in [6.07, 6.45) is 6.31. The highest BCUT2D eigenvalue weighted by atomic mass is 16.5. The van der Waals surface area contributed by atoms with Crippen molar-refractivity contribution in [3.8, 4) is 5.75 Å². The van der Waals surface area contributed by atoms with Crippen molar-refractivity contribution in [2.75, 3.05) is 7.11 Å². The molecule has 25 heavy (non-hydrogen) atoms. The summed E-state index contributed by atoms with van der Waals surface area (Å²) in [5, 5.41) is 5.23. The van der Waals surface area contributed by atoms with Gasteiger partial charge >= 0.3 is 0 Å². The molecule has 4 rings (SSSR count). The smallest absolute Gasteiger partial charge is 0.252 e. The van der Waals surface area contributed by atoms with Crippen LogP contribution in [0.4, 0.5) is 0 Å². The molecule has 3 aromatic rings. The Morgan fingerprint density at radius 2 is 2.16 bits per heavy atom. The van der Waals surface area contributed by atoms with Crippen molar-refractivity contribution >= 4 is 10.9 Å². The molecule has 1 N–H and O–H groups in total. The third-order valence-electron chi connectivity index (χ3n) is 4.71. The first-order chi connectivity index (χ1) is 12.1. The number of pyridine rings is 1. The fourth-order valence-corrected chi connectivity index (χ4v) is 3.23. The number of methoxy groups -OCH3 is 1. The fraction of sp³-hybridized carbons (Fsp3) is 0.368. The van der Waals surface area contributed by atoms with Crippen molar-refractivity contribution in [2.24, 2.45) is 7.05 Å². The average molecular weight is 338 g/mol. The highest BCUT2D eigenvalue weighted by Gasteiger charge is 2.29. The summed E-state index contributed by atoms with van der Waals surface area (Å²) >= 11 is 0. The van der Waals surface area contributed by atoms with E-state index in [2.05, 4.69) is 15.0 Å². The van der Waals surface area contributed by atoms with Crippen LogP contribution in [0.5, 0.6) is 5.75 Å². The molecule has 1 aliphatic rings. The molecule has 1 aromatic carbocycles. The zero-order chi connectivity index (χ0) is 17.4. The van der Waals surface area contributed by atoms with Gasteiger partial charge in [-0.05, 0) is 37.1 Å². The Kier molecular flexibility index (Phi) is 4.05. The molecule has 0 amide bonds. The zero-order valence-corrected chi connectivity index (χ0v) is 14.5. The molecule has 130 valence electrons. The van der Waals surface area contributed by atoms with Gasteiger partial charge < -0.3 is 9.72 Å². The lowest BCUT2D eigenvalue weighted by Crippen LogP contribution is -2.28. The van der Waals surface area contributed by atoms with Crippen LogP contribution in [0.3, 0.4) is 0 Å². The first-order valence-electron chi connectivity index (χ1n) is 8.54. The molecular weight excluding hydrogens is 316 g/mol. The van der Waals surface area contributed by atoms with E-state index in [0.717, 1.165) is 28.8 Å². The minimum Gasteiger partial charge on any atom is -0.497 e. The number of hydrogen-bond donors (Lipinski definition) is 1. The Morgan fingerprint density at radius 1 is 1.32 bits per heavy atom. The Morgan fingerprint density at radius 3 is 2.84 bits per heavy atom. The lowest BCUT2D eigenvalue weighted by atomic mass is 10.1. The number of aromatic amines is 1. The number of benzene rings is 1. The number of hydrogen-bond acceptors (Lipinski definition) is 4. The maximum absolute atomic E-state index is 12.5. The molecule has 1 aliphatic carbocycles. The van der Waals surface area contributed by atoms with Gasteiger partial charge in [0.15, 0.2) is 0 Å². The van der Waals surface area contributed by atoms with E-state index in [0.29, 0.717) is 12.6 Å². The maximum atomic E-state index is 12.5. The third kappa shape index (κ3) is 3.44. The molecule has 1 saturated carbocycles. The minimum absolute atomic E-state index is 0.0190. The van der Waals surface area contributed by atoms with Crippen molar-refractivity contribution in [1.29, 1.82) is 0 Å². The highest BCUT2D eigenvalue weighted by Crippen LogP contribution is 2.29. The van der Waals surface area contributed by atoms with Crippen molar-refractivity contribution in [3.63, 3.8) is 0 Å². The minimum atomic E-state index is -0.0190. The molecule has 0 saturated heterocycles. The summed E-state index contributed by atoms with van der Waals surface area (Å²) in [5.74, 6) is 0.792. The van der Waals surface area contributed by atoms with Crippen LogP contribution in [0.15, 0.2) is 41.5 Å². The number of ether oxygens (including phenoxy) is 1. The first-order valence-corrected chi connectivity index (χ1v) is 8.54. The number of H-pyrrole nitrogens is 1. The van der Waals surface area contributed by atoms with E-state index in [-0.39, 0.29) is 5.56 Å². The van der Waals surface area contributed by atoms with Crippen molar-refractivity contribution in [1.82, 2.24) is 19.7 Å². The van der Waals surface area contributed by atoms with Gasteiger partial charge in [-0.1, -0.05) is 0 Å². The summed E-state index contributed by atoms with van der Waals surface area (Å²) in [4.78, 5) is 17.8. The number of fused-ring (bicyclic) bond motifs is 1. The van der Waals surface area contributed by atoms with Crippen LogP contribution >= 0.6 is 0 Å². The van der Waals surface area contributed by atoms with Crippen LogP contribution in [-0.2, 0) is 20.1 Å². The standard InChI is InChI=1S/C19H22N4O2/c1-22-10-13(9-20-22)11-23(16-3-4-16)12-15-7-14-8-17(25-2)5-6-18(14)21-19(15)24/h5-10,16H,3-4,11-12H2,1-2H3,(H,21,24). The van der Waals surface area contributed by atoms with Crippen LogP contribution in [0.2, 0.25) is 0 Å². The van der Waals surface area contributed by atoms with Crippen molar-refractivity contribution < 1.29 is 4.74 Å². The summed E-state index contributed by atoms with van der Waals surface area (Å²) in [7, 11) is 3.57. The van der Waals surface area contributed by atoms with Crippen LogP contribution in [0.25, 0.3) is 10.9 Å². The summed E-state index contributed by atoms with van der Waals surface area (Å²) < 4.78 is 7.11. The molecule has 0 spiro atoms. The second kappa shape index (κ2) is 6.37. The quantitative estimate of drug-likeness (QED) is 0.750. The first kappa shape index (κ1) is 15.9. The lowest BCUT2D eigenvalue weighted by Gasteiger charge is -2.21. The van der Waals surface area contributed by atoms with Gasteiger partial charge in [-0.15, -0.1) is 0 Å². The molecule has 0 aliphatic heterocycles. The molecule has 6 nitrogen and oxygen atoms in total. The van der Waals surface area contributed by atoms with E-state index in [1.54, 1.807) is 7.11 Å². The fourth-order valence-electron chi connectivity index (χ4n) is 3.23. The van der Waals surface area contributed by atoms with E-state index in [9.17, 15) is 4.79 Å². The molecule has 1 fully saturated rings. The second-order valence-electron chi connectivity index (χ2n) is 6.74. The lowest BCUT2D eigenvalue weighted by molar-refractivity contribution is 0.245. The normalized spacial score (nSPS) is 14.4. The maximum Gasteiger partial charge on any atom is 0.252 e. The van der Waals surface area contributed by atoms with Crippen LogP contribution in [0.1, 0.15) is 24.0 Å². The topological polar surface area (TPSA) is 63.2 Å². The van der Waals surface area contributed by atoms with Crippen LogP contribution in [-0.4, -0.2) is 32.8 Å². The van der Waals surface area contributed by atoms with Gasteiger partial charge in [0.05, 0.1) is 13.3 Å². The van der Waals surface area contributed by atoms with Crippen molar-refractivity contribution in [3.05, 3.63) is 58.1 Å². The van der Waals surface area contributed by atoms with E-state index >= 15 is 0 Å². The highest BCUT2D eigenvalue weighted by molar-refractivity contribution is 5.80. The average Bonchev–Trinajstić information content (AvgIpc) is 3.37.